The Kier molecular flexibility index (Phi) is 4.41. The second kappa shape index (κ2) is 5.17. The molecule has 0 aromatic carbocycles. The van der Waals surface area contributed by atoms with Crippen LogP contribution in [0.5, 0.6) is 0 Å². The lowest BCUT2D eigenvalue weighted by Gasteiger charge is -2.41. The van der Waals surface area contributed by atoms with E-state index >= 15 is 0 Å². The zero-order valence-electron chi connectivity index (χ0n) is 7.97. The van der Waals surface area contributed by atoms with E-state index in [1.54, 1.807) is 0 Å². The van der Waals surface area contributed by atoms with Gasteiger partial charge in [-0.05, 0) is 0 Å². The first-order valence-corrected chi connectivity index (χ1v) is 4.62. The molecule has 1 fully saturated rings. The zero-order chi connectivity index (χ0) is 11.6. The molecule has 0 aromatic rings. The molecule has 0 aliphatic carbocycles. The second-order valence-electron chi connectivity index (χ2n) is 3.54. The predicted molar refractivity (Wildman–Crippen MR) is 46.9 cm³/mol. The third-order valence-corrected chi connectivity index (χ3v) is 2.50. The molecule has 1 heterocycles. The summed E-state index contributed by atoms with van der Waals surface area (Å²) in [6.45, 7) is -1.21. The molecular weight excluding hydrogens is 208 g/mol. The molecule has 0 unspecified atom stereocenters. The number of aliphatic hydroxyl groups is 6. The van der Waals surface area contributed by atoms with Crippen LogP contribution in [0.1, 0.15) is 0 Å². The molecule has 6 N–H and O–H groups in total. The van der Waals surface area contributed by atoms with E-state index in [0.717, 1.165) is 0 Å². The Hall–Kier alpha value is -0.280. The molecule has 0 spiro atoms. The van der Waals surface area contributed by atoms with E-state index in [2.05, 4.69) is 0 Å². The Bertz CT molecular complexity index is 197. The van der Waals surface area contributed by atoms with Crippen LogP contribution in [-0.2, 0) is 4.74 Å². The Labute approximate surface area is 86.2 Å². The second-order valence-corrected chi connectivity index (χ2v) is 3.54. The van der Waals surface area contributed by atoms with E-state index in [1.165, 1.54) is 0 Å². The lowest BCUT2D eigenvalue weighted by molar-refractivity contribution is -0.251. The Morgan fingerprint density at radius 2 is 1.60 bits per heavy atom. The third kappa shape index (κ3) is 2.45. The number of aliphatic hydroxyl groups excluding tert-OH is 6. The fourth-order valence-corrected chi connectivity index (χ4v) is 1.55. The van der Waals surface area contributed by atoms with Crippen LogP contribution in [0.15, 0.2) is 0 Å². The van der Waals surface area contributed by atoms with Crippen molar-refractivity contribution in [1.29, 1.82) is 0 Å². The standard InChI is InChI=1S/C8H16O7/c9-1-3(11)8-7(14)6(13)5(12)4(2-10)15-8/h3-14H,1-2H2/t3-,4-,5-,6+,7+,8-/m1/s1. The van der Waals surface area contributed by atoms with Crippen molar-refractivity contribution in [2.45, 2.75) is 36.6 Å². The van der Waals surface area contributed by atoms with E-state index in [0.29, 0.717) is 0 Å². The summed E-state index contributed by atoms with van der Waals surface area (Å²) in [5.41, 5.74) is 0. The highest BCUT2D eigenvalue weighted by Gasteiger charge is 2.45. The van der Waals surface area contributed by atoms with Crippen LogP contribution in [0.3, 0.4) is 0 Å². The summed E-state index contributed by atoms with van der Waals surface area (Å²) in [6.07, 6.45) is -8.16. The molecule has 7 nitrogen and oxygen atoms in total. The molecule has 90 valence electrons. The fraction of sp³-hybridized carbons (Fsp3) is 1.00. The largest absolute Gasteiger partial charge is 0.394 e. The van der Waals surface area contributed by atoms with Crippen molar-refractivity contribution >= 4 is 0 Å². The predicted octanol–water partition coefficient (Wildman–Crippen LogP) is -3.82. The van der Waals surface area contributed by atoms with Gasteiger partial charge in [-0.1, -0.05) is 0 Å². The molecule has 15 heavy (non-hydrogen) atoms. The molecule has 6 atom stereocenters. The first kappa shape index (κ1) is 12.8. The Morgan fingerprint density at radius 1 is 1.00 bits per heavy atom. The number of rotatable bonds is 3. The molecule has 0 bridgehead atoms. The first-order chi connectivity index (χ1) is 7.02. The maximum atomic E-state index is 9.43. The summed E-state index contributed by atoms with van der Waals surface area (Å²) in [7, 11) is 0. The van der Waals surface area contributed by atoms with Gasteiger partial charge in [0.1, 0.15) is 36.6 Å². The molecule has 0 amide bonds. The van der Waals surface area contributed by atoms with Crippen LogP contribution >= 0.6 is 0 Å². The Balaban J connectivity index is 2.74. The van der Waals surface area contributed by atoms with Gasteiger partial charge in [-0.3, -0.25) is 0 Å². The smallest absolute Gasteiger partial charge is 0.115 e. The first-order valence-electron chi connectivity index (χ1n) is 4.62. The summed E-state index contributed by atoms with van der Waals surface area (Å²) < 4.78 is 4.96. The molecule has 0 aromatic heterocycles. The maximum Gasteiger partial charge on any atom is 0.115 e. The summed E-state index contributed by atoms with van der Waals surface area (Å²) >= 11 is 0. The fourth-order valence-electron chi connectivity index (χ4n) is 1.55. The SMILES string of the molecule is OC[C@@H](O)[C@H]1O[C@H](CO)[C@@H](O)[C@H](O)[C@@H]1O. The van der Waals surface area contributed by atoms with Crippen molar-refractivity contribution in [2.24, 2.45) is 0 Å². The van der Waals surface area contributed by atoms with Crippen LogP contribution in [0, 0.1) is 0 Å². The monoisotopic (exact) mass is 224 g/mol. The average Bonchev–Trinajstić information content (AvgIpc) is 2.25. The van der Waals surface area contributed by atoms with Crippen LogP contribution in [-0.4, -0.2) is 80.5 Å². The molecule has 1 rings (SSSR count). The van der Waals surface area contributed by atoms with Gasteiger partial charge in [0.2, 0.25) is 0 Å². The van der Waals surface area contributed by atoms with Gasteiger partial charge in [0, 0.05) is 0 Å². The van der Waals surface area contributed by atoms with Crippen LogP contribution in [0.2, 0.25) is 0 Å². The lowest BCUT2D eigenvalue weighted by Crippen LogP contribution is -2.61. The highest BCUT2D eigenvalue weighted by atomic mass is 16.6. The average molecular weight is 224 g/mol. The quantitative estimate of drug-likeness (QED) is 0.289. The van der Waals surface area contributed by atoms with Gasteiger partial charge in [0.05, 0.1) is 13.2 Å². The summed E-state index contributed by atoms with van der Waals surface area (Å²) in [6, 6.07) is 0. The summed E-state index contributed by atoms with van der Waals surface area (Å²) in [4.78, 5) is 0. The van der Waals surface area contributed by atoms with E-state index < -0.39 is 49.8 Å². The summed E-state index contributed by atoms with van der Waals surface area (Å²) in [5.74, 6) is 0. The van der Waals surface area contributed by atoms with E-state index in [-0.39, 0.29) is 0 Å². The minimum Gasteiger partial charge on any atom is -0.394 e. The molecule has 0 saturated carbocycles. The number of hydrogen-bond acceptors (Lipinski definition) is 7. The van der Waals surface area contributed by atoms with Gasteiger partial charge in [-0.25, -0.2) is 0 Å². The molecule has 1 aliphatic heterocycles. The lowest BCUT2D eigenvalue weighted by atomic mass is 9.92. The highest BCUT2D eigenvalue weighted by molar-refractivity contribution is 4.94. The van der Waals surface area contributed by atoms with Gasteiger partial charge in [0.15, 0.2) is 0 Å². The van der Waals surface area contributed by atoms with Crippen molar-refractivity contribution < 1.29 is 35.4 Å². The van der Waals surface area contributed by atoms with E-state index in [4.69, 9.17) is 14.9 Å². The van der Waals surface area contributed by atoms with Gasteiger partial charge < -0.3 is 35.4 Å². The third-order valence-electron chi connectivity index (χ3n) is 2.50. The van der Waals surface area contributed by atoms with E-state index in [1.807, 2.05) is 0 Å². The zero-order valence-corrected chi connectivity index (χ0v) is 7.97. The molecular formula is C8H16O7. The van der Waals surface area contributed by atoms with Crippen LogP contribution in [0.25, 0.3) is 0 Å². The molecule has 7 heteroatoms. The molecule has 0 radical (unpaired) electrons. The van der Waals surface area contributed by atoms with Crippen molar-refractivity contribution in [3.8, 4) is 0 Å². The van der Waals surface area contributed by atoms with Crippen LogP contribution < -0.4 is 0 Å². The van der Waals surface area contributed by atoms with Crippen molar-refractivity contribution in [2.75, 3.05) is 13.2 Å². The van der Waals surface area contributed by atoms with Gasteiger partial charge in [-0.2, -0.15) is 0 Å². The molecule has 1 saturated heterocycles. The van der Waals surface area contributed by atoms with Crippen molar-refractivity contribution in [1.82, 2.24) is 0 Å². The summed E-state index contributed by atoms with van der Waals surface area (Å²) in [5, 5.41) is 54.9. The normalized spacial score (nSPS) is 44.0. The van der Waals surface area contributed by atoms with Crippen LogP contribution in [0.4, 0.5) is 0 Å². The maximum absolute atomic E-state index is 9.43. The van der Waals surface area contributed by atoms with E-state index in [9.17, 15) is 20.4 Å². The minimum absolute atomic E-state index is 0.556. The van der Waals surface area contributed by atoms with Crippen molar-refractivity contribution in [3.05, 3.63) is 0 Å². The van der Waals surface area contributed by atoms with Gasteiger partial charge in [0.25, 0.3) is 0 Å². The molecule has 1 aliphatic rings. The number of hydrogen-bond donors (Lipinski definition) is 6. The Morgan fingerprint density at radius 3 is 2.07 bits per heavy atom. The van der Waals surface area contributed by atoms with Gasteiger partial charge >= 0.3 is 0 Å². The van der Waals surface area contributed by atoms with Gasteiger partial charge in [-0.15, -0.1) is 0 Å². The highest BCUT2D eigenvalue weighted by Crippen LogP contribution is 2.22. The topological polar surface area (TPSA) is 131 Å². The number of ether oxygens (including phenoxy) is 1. The minimum atomic E-state index is -1.53. The van der Waals surface area contributed by atoms with Crippen molar-refractivity contribution in [3.63, 3.8) is 0 Å².